The number of allylic oxidation sites excluding steroid dienone is 4. The van der Waals surface area contributed by atoms with Gasteiger partial charge in [-0.15, -0.1) is 0 Å². The van der Waals surface area contributed by atoms with Crippen LogP contribution in [0.15, 0.2) is 22.8 Å². The third-order valence-electron chi connectivity index (χ3n) is 11.9. The second-order valence-corrected chi connectivity index (χ2v) is 14.7. The van der Waals surface area contributed by atoms with E-state index in [9.17, 15) is 5.11 Å². The number of fused-ring (bicyclic) bond motifs is 4. The fraction of sp³-hybridized carbons (Fsp3) is 0.871. The maximum atomic E-state index is 10.8. The Morgan fingerprint density at radius 3 is 2.33 bits per heavy atom. The Bertz CT molecular complexity index is 839. The summed E-state index contributed by atoms with van der Waals surface area (Å²) in [4.78, 5) is 2.77. The van der Waals surface area contributed by atoms with Crippen molar-refractivity contribution in [1.82, 2.24) is 4.90 Å². The van der Waals surface area contributed by atoms with Gasteiger partial charge in [0.15, 0.2) is 0 Å². The largest absolute Gasteiger partial charge is 0.393 e. The van der Waals surface area contributed by atoms with E-state index in [1.54, 1.807) is 16.7 Å². The SMILES string of the molecule is C[C@H](CN1CCC(C)(C)CC1)[C@H]1CC=C2C3=C(CC[C@@]21C)[C@@]1(C)CCC(O)C(C)(C)C1CC3. The second-order valence-electron chi connectivity index (χ2n) is 14.7. The molecule has 1 saturated heterocycles. The second kappa shape index (κ2) is 7.95. The molecule has 0 aromatic heterocycles. The highest BCUT2D eigenvalue weighted by Crippen LogP contribution is 2.66. The fourth-order valence-corrected chi connectivity index (χ4v) is 9.45. The highest BCUT2D eigenvalue weighted by Gasteiger charge is 2.57. The van der Waals surface area contributed by atoms with E-state index in [0.29, 0.717) is 22.2 Å². The van der Waals surface area contributed by atoms with E-state index in [1.807, 2.05) is 0 Å². The van der Waals surface area contributed by atoms with Crippen molar-refractivity contribution >= 4 is 0 Å². The maximum Gasteiger partial charge on any atom is 0.0594 e. The van der Waals surface area contributed by atoms with Crippen LogP contribution in [0.1, 0.15) is 106 Å². The molecule has 5 rings (SSSR count). The van der Waals surface area contributed by atoms with E-state index < -0.39 is 0 Å². The first-order valence-electron chi connectivity index (χ1n) is 14.2. The number of rotatable bonds is 3. The Balaban J connectivity index is 1.35. The van der Waals surface area contributed by atoms with Gasteiger partial charge in [0.25, 0.3) is 0 Å². The van der Waals surface area contributed by atoms with Crippen LogP contribution in [-0.4, -0.2) is 35.7 Å². The van der Waals surface area contributed by atoms with E-state index >= 15 is 0 Å². The number of piperidine rings is 1. The Labute approximate surface area is 204 Å². The van der Waals surface area contributed by atoms with Gasteiger partial charge in [-0.1, -0.05) is 60.1 Å². The first kappa shape index (κ1) is 24.1. The van der Waals surface area contributed by atoms with Gasteiger partial charge < -0.3 is 10.0 Å². The standard InChI is InChI=1S/C31H51NO/c1-21(20-32-18-16-28(2,3)17-19-32)23-9-10-24-22-8-11-26-29(4,5)27(33)13-15-31(26,7)25(22)12-14-30(23,24)6/h10,21,23,26-27,33H,8-9,11-20H2,1-7H3/t21-,23-,26?,27?,30-,31-/m1/s1. The topological polar surface area (TPSA) is 23.5 Å². The Hall–Kier alpha value is -0.600. The average Bonchev–Trinajstić information content (AvgIpc) is 3.10. The van der Waals surface area contributed by atoms with Gasteiger partial charge in [0.1, 0.15) is 0 Å². The molecular weight excluding hydrogens is 402 g/mol. The Morgan fingerprint density at radius 2 is 1.64 bits per heavy atom. The molecule has 0 bridgehead atoms. The Kier molecular flexibility index (Phi) is 5.81. The summed E-state index contributed by atoms with van der Waals surface area (Å²) in [6.45, 7) is 21.2. The van der Waals surface area contributed by atoms with Crippen LogP contribution in [0.5, 0.6) is 0 Å². The molecule has 2 unspecified atom stereocenters. The normalized spacial score (nSPS) is 43.4. The molecule has 4 aliphatic carbocycles. The van der Waals surface area contributed by atoms with Crippen molar-refractivity contribution in [2.75, 3.05) is 19.6 Å². The summed E-state index contributed by atoms with van der Waals surface area (Å²) < 4.78 is 0. The molecule has 0 aromatic rings. The lowest BCUT2D eigenvalue weighted by Crippen LogP contribution is -2.53. The van der Waals surface area contributed by atoms with Crippen LogP contribution in [0.3, 0.4) is 0 Å². The zero-order valence-corrected chi connectivity index (χ0v) is 22.8. The smallest absolute Gasteiger partial charge is 0.0594 e. The van der Waals surface area contributed by atoms with Crippen molar-refractivity contribution in [1.29, 1.82) is 0 Å². The van der Waals surface area contributed by atoms with Crippen LogP contribution >= 0.6 is 0 Å². The van der Waals surface area contributed by atoms with E-state index in [-0.39, 0.29) is 11.5 Å². The van der Waals surface area contributed by atoms with Crippen molar-refractivity contribution in [2.24, 2.45) is 39.4 Å². The molecule has 5 aliphatic rings. The van der Waals surface area contributed by atoms with Crippen LogP contribution < -0.4 is 0 Å². The number of hydrogen-bond donors (Lipinski definition) is 1. The van der Waals surface area contributed by atoms with Gasteiger partial charge in [0.05, 0.1) is 6.10 Å². The molecule has 1 heterocycles. The molecule has 6 atom stereocenters. The zero-order valence-electron chi connectivity index (χ0n) is 22.8. The predicted octanol–water partition coefficient (Wildman–Crippen LogP) is 7.38. The Morgan fingerprint density at radius 1 is 0.939 bits per heavy atom. The number of hydrogen-bond acceptors (Lipinski definition) is 2. The molecule has 0 spiro atoms. The van der Waals surface area contributed by atoms with Crippen molar-refractivity contribution in [3.63, 3.8) is 0 Å². The summed E-state index contributed by atoms with van der Waals surface area (Å²) in [6, 6.07) is 0. The molecule has 1 N–H and O–H groups in total. The summed E-state index contributed by atoms with van der Waals surface area (Å²) in [5, 5.41) is 10.8. The summed E-state index contributed by atoms with van der Waals surface area (Å²) in [6.07, 6.45) is 13.8. The van der Waals surface area contributed by atoms with Crippen LogP contribution in [0.2, 0.25) is 0 Å². The van der Waals surface area contributed by atoms with Gasteiger partial charge >= 0.3 is 0 Å². The highest BCUT2D eigenvalue weighted by atomic mass is 16.3. The minimum absolute atomic E-state index is 0.0381. The van der Waals surface area contributed by atoms with Crippen LogP contribution in [0.25, 0.3) is 0 Å². The van der Waals surface area contributed by atoms with E-state index in [0.717, 1.165) is 18.3 Å². The quantitative estimate of drug-likeness (QED) is 0.482. The van der Waals surface area contributed by atoms with Crippen molar-refractivity contribution in [3.05, 3.63) is 22.8 Å². The molecule has 2 heteroatoms. The number of aliphatic hydroxyl groups excluding tert-OH is 1. The van der Waals surface area contributed by atoms with Crippen LogP contribution in [0, 0.1) is 39.4 Å². The van der Waals surface area contributed by atoms with E-state index in [2.05, 4.69) is 59.4 Å². The van der Waals surface area contributed by atoms with Gasteiger partial charge in [-0.3, -0.25) is 0 Å². The van der Waals surface area contributed by atoms with Crippen molar-refractivity contribution in [3.8, 4) is 0 Å². The van der Waals surface area contributed by atoms with Gasteiger partial charge in [-0.2, -0.15) is 0 Å². The average molecular weight is 454 g/mol. The minimum Gasteiger partial charge on any atom is -0.393 e. The number of nitrogens with zero attached hydrogens (tertiary/aromatic N) is 1. The lowest BCUT2D eigenvalue weighted by molar-refractivity contribution is -0.0905. The van der Waals surface area contributed by atoms with Gasteiger partial charge in [-0.25, -0.2) is 0 Å². The molecule has 0 aromatic carbocycles. The minimum atomic E-state index is -0.136. The molecule has 0 radical (unpaired) electrons. The van der Waals surface area contributed by atoms with Crippen LogP contribution in [0.4, 0.5) is 0 Å². The van der Waals surface area contributed by atoms with Gasteiger partial charge in [-0.05, 0) is 121 Å². The number of aliphatic hydroxyl groups is 1. The summed E-state index contributed by atoms with van der Waals surface area (Å²) >= 11 is 0. The van der Waals surface area contributed by atoms with Crippen molar-refractivity contribution < 1.29 is 5.11 Å². The predicted molar refractivity (Wildman–Crippen MR) is 139 cm³/mol. The summed E-state index contributed by atoms with van der Waals surface area (Å²) in [5.41, 5.74) is 6.57. The summed E-state index contributed by atoms with van der Waals surface area (Å²) in [5.74, 6) is 2.19. The molecule has 2 fully saturated rings. The lowest BCUT2D eigenvalue weighted by atomic mass is 9.46. The third kappa shape index (κ3) is 3.72. The molecule has 0 amide bonds. The van der Waals surface area contributed by atoms with Crippen LogP contribution in [-0.2, 0) is 0 Å². The number of likely N-dealkylation sites (tertiary alicyclic amines) is 1. The zero-order chi connectivity index (χ0) is 23.8. The molecule has 186 valence electrons. The first-order valence-corrected chi connectivity index (χ1v) is 14.2. The molecule has 33 heavy (non-hydrogen) atoms. The van der Waals surface area contributed by atoms with E-state index in [4.69, 9.17) is 0 Å². The molecular formula is C31H51NO. The van der Waals surface area contributed by atoms with E-state index in [1.165, 1.54) is 71.0 Å². The molecule has 1 aliphatic heterocycles. The van der Waals surface area contributed by atoms with Crippen molar-refractivity contribution in [2.45, 2.75) is 112 Å². The monoisotopic (exact) mass is 453 g/mol. The summed E-state index contributed by atoms with van der Waals surface area (Å²) in [7, 11) is 0. The maximum absolute atomic E-state index is 10.8. The van der Waals surface area contributed by atoms with Gasteiger partial charge in [0, 0.05) is 6.54 Å². The van der Waals surface area contributed by atoms with Gasteiger partial charge in [0.2, 0.25) is 0 Å². The molecule has 2 nitrogen and oxygen atoms in total. The lowest BCUT2D eigenvalue weighted by Gasteiger charge is -2.59. The highest BCUT2D eigenvalue weighted by molar-refractivity contribution is 5.49. The fourth-order valence-electron chi connectivity index (χ4n) is 9.45. The first-order chi connectivity index (χ1) is 15.4. The molecule has 1 saturated carbocycles. The third-order valence-corrected chi connectivity index (χ3v) is 11.9.